The van der Waals surface area contributed by atoms with E-state index in [2.05, 4.69) is 5.32 Å². The number of carbonyl (C=O) groups is 2. The number of aryl methyl sites for hydroxylation is 2. The Morgan fingerprint density at radius 3 is 2.50 bits per heavy atom. The van der Waals surface area contributed by atoms with E-state index < -0.39 is 23.5 Å². The SMILES string of the molecule is CSCC[C@H](NC(=O)Cc1c(C)c2cc3c(-c4ccc(C)cc4)coc3cc2oc1=O)C(=O)O. The third-order valence-corrected chi connectivity index (χ3v) is 6.57. The minimum Gasteiger partial charge on any atom is -0.480 e. The van der Waals surface area contributed by atoms with Gasteiger partial charge in [0.05, 0.1) is 18.2 Å². The summed E-state index contributed by atoms with van der Waals surface area (Å²) in [5, 5.41) is 13.4. The van der Waals surface area contributed by atoms with Crippen molar-refractivity contribution in [3.05, 3.63) is 69.8 Å². The predicted molar refractivity (Wildman–Crippen MR) is 133 cm³/mol. The average molecular weight is 480 g/mol. The van der Waals surface area contributed by atoms with E-state index >= 15 is 0 Å². The molecule has 0 unspecified atom stereocenters. The van der Waals surface area contributed by atoms with Crippen LogP contribution >= 0.6 is 11.8 Å². The third-order valence-electron chi connectivity index (χ3n) is 5.93. The van der Waals surface area contributed by atoms with Gasteiger partial charge in [-0.15, -0.1) is 0 Å². The van der Waals surface area contributed by atoms with Crippen molar-refractivity contribution in [2.45, 2.75) is 32.7 Å². The minimum absolute atomic E-state index is 0.207. The lowest BCUT2D eigenvalue weighted by molar-refractivity contribution is -0.141. The van der Waals surface area contributed by atoms with Crippen molar-refractivity contribution >= 4 is 45.6 Å². The van der Waals surface area contributed by atoms with Gasteiger partial charge < -0.3 is 19.3 Å². The first kappa shape index (κ1) is 23.6. The second-order valence-corrected chi connectivity index (χ2v) is 9.26. The summed E-state index contributed by atoms with van der Waals surface area (Å²) in [6.07, 6.45) is 3.58. The molecular formula is C26H25NO6S. The first-order valence-electron chi connectivity index (χ1n) is 10.8. The smallest absolute Gasteiger partial charge is 0.340 e. The van der Waals surface area contributed by atoms with Crippen LogP contribution in [0.25, 0.3) is 33.1 Å². The maximum absolute atomic E-state index is 12.7. The Hall–Kier alpha value is -3.52. The van der Waals surface area contributed by atoms with E-state index in [0.29, 0.717) is 34.3 Å². The molecule has 2 aromatic heterocycles. The molecule has 0 radical (unpaired) electrons. The molecule has 2 N–H and O–H groups in total. The zero-order chi connectivity index (χ0) is 24.4. The Labute approximate surface area is 200 Å². The van der Waals surface area contributed by atoms with Gasteiger partial charge in [0, 0.05) is 22.4 Å². The number of benzene rings is 2. The van der Waals surface area contributed by atoms with Crippen molar-refractivity contribution in [3.63, 3.8) is 0 Å². The van der Waals surface area contributed by atoms with E-state index in [-0.39, 0.29) is 12.0 Å². The number of hydrogen-bond donors (Lipinski definition) is 2. The van der Waals surface area contributed by atoms with Crippen LogP contribution in [0.2, 0.25) is 0 Å². The molecule has 34 heavy (non-hydrogen) atoms. The zero-order valence-corrected chi connectivity index (χ0v) is 20.0. The molecule has 0 aliphatic carbocycles. The molecule has 0 saturated heterocycles. The number of hydrogen-bond acceptors (Lipinski definition) is 6. The molecule has 0 spiro atoms. The van der Waals surface area contributed by atoms with Crippen LogP contribution in [-0.4, -0.2) is 35.0 Å². The summed E-state index contributed by atoms with van der Waals surface area (Å²) in [6, 6.07) is 10.7. The number of furan rings is 1. The van der Waals surface area contributed by atoms with Crippen molar-refractivity contribution in [1.29, 1.82) is 0 Å². The maximum atomic E-state index is 12.7. The van der Waals surface area contributed by atoms with Crippen molar-refractivity contribution < 1.29 is 23.5 Å². The molecule has 1 amide bonds. The summed E-state index contributed by atoms with van der Waals surface area (Å²) in [6.45, 7) is 3.79. The second kappa shape index (κ2) is 9.77. The van der Waals surface area contributed by atoms with Crippen LogP contribution in [0.15, 0.2) is 56.3 Å². The highest BCUT2D eigenvalue weighted by Gasteiger charge is 2.22. The van der Waals surface area contributed by atoms with Gasteiger partial charge in [-0.2, -0.15) is 11.8 Å². The molecule has 0 aliphatic heterocycles. The van der Waals surface area contributed by atoms with E-state index in [4.69, 9.17) is 8.83 Å². The number of carbonyl (C=O) groups excluding carboxylic acids is 1. The van der Waals surface area contributed by atoms with E-state index in [1.807, 2.05) is 43.5 Å². The van der Waals surface area contributed by atoms with Crippen molar-refractivity contribution in [2.75, 3.05) is 12.0 Å². The summed E-state index contributed by atoms with van der Waals surface area (Å²) in [4.78, 5) is 36.7. The van der Waals surface area contributed by atoms with Crippen LogP contribution < -0.4 is 10.9 Å². The Balaban J connectivity index is 1.71. The number of thioether (sulfide) groups is 1. The van der Waals surface area contributed by atoms with Gasteiger partial charge in [0.2, 0.25) is 5.91 Å². The van der Waals surface area contributed by atoms with Gasteiger partial charge in [-0.1, -0.05) is 29.8 Å². The largest absolute Gasteiger partial charge is 0.480 e. The van der Waals surface area contributed by atoms with Crippen LogP contribution in [0.1, 0.15) is 23.1 Å². The summed E-state index contributed by atoms with van der Waals surface area (Å²) >= 11 is 1.50. The van der Waals surface area contributed by atoms with Crippen LogP contribution in [0, 0.1) is 13.8 Å². The fraction of sp³-hybridized carbons (Fsp3) is 0.269. The van der Waals surface area contributed by atoms with Gasteiger partial charge in [0.1, 0.15) is 17.2 Å². The molecule has 0 aliphatic rings. The molecule has 0 saturated carbocycles. The number of amides is 1. The van der Waals surface area contributed by atoms with Gasteiger partial charge in [-0.25, -0.2) is 9.59 Å². The predicted octanol–water partition coefficient (Wildman–Crippen LogP) is 4.69. The standard InChI is InChI=1S/C26H25NO6S/c1-14-4-6-16(7-5-14)20-13-32-22-12-23-17(10-19(20)22)15(2)18(26(31)33-23)11-24(28)27-21(25(29)30)8-9-34-3/h4-7,10,12-13,21H,8-9,11H2,1-3H3,(H,27,28)(H,29,30)/t21-/m0/s1. The molecule has 1 atom stereocenters. The summed E-state index contributed by atoms with van der Waals surface area (Å²) in [7, 11) is 0. The Morgan fingerprint density at radius 2 is 1.82 bits per heavy atom. The number of aliphatic carboxylic acids is 1. The summed E-state index contributed by atoms with van der Waals surface area (Å²) < 4.78 is 11.2. The highest BCUT2D eigenvalue weighted by atomic mass is 32.2. The van der Waals surface area contributed by atoms with Crippen molar-refractivity contribution in [2.24, 2.45) is 0 Å². The molecule has 0 bridgehead atoms. The first-order chi connectivity index (χ1) is 16.3. The van der Waals surface area contributed by atoms with E-state index in [0.717, 1.165) is 22.1 Å². The highest BCUT2D eigenvalue weighted by molar-refractivity contribution is 7.98. The number of fused-ring (bicyclic) bond motifs is 2. The van der Waals surface area contributed by atoms with Crippen LogP contribution in [0.4, 0.5) is 0 Å². The van der Waals surface area contributed by atoms with E-state index in [1.165, 1.54) is 11.8 Å². The molecule has 0 fully saturated rings. The van der Waals surface area contributed by atoms with Gasteiger partial charge in [0.25, 0.3) is 0 Å². The first-order valence-corrected chi connectivity index (χ1v) is 12.2. The summed E-state index contributed by atoms with van der Waals surface area (Å²) in [5.41, 5.74) is 4.24. The Bertz CT molecular complexity index is 1430. The van der Waals surface area contributed by atoms with Crippen LogP contribution in [0.5, 0.6) is 0 Å². The number of rotatable bonds is 8. The fourth-order valence-electron chi connectivity index (χ4n) is 3.97. The number of carboxylic acids is 1. The number of nitrogens with one attached hydrogen (secondary N) is 1. The van der Waals surface area contributed by atoms with Crippen molar-refractivity contribution in [3.8, 4) is 11.1 Å². The third kappa shape index (κ3) is 4.72. The van der Waals surface area contributed by atoms with E-state index in [9.17, 15) is 19.5 Å². The monoisotopic (exact) mass is 479 g/mol. The van der Waals surface area contributed by atoms with Crippen LogP contribution in [0.3, 0.4) is 0 Å². The molecule has 8 heteroatoms. The zero-order valence-electron chi connectivity index (χ0n) is 19.1. The number of carboxylic acid groups (broad SMARTS) is 1. The normalized spacial score (nSPS) is 12.2. The summed E-state index contributed by atoms with van der Waals surface area (Å²) in [5.74, 6) is -1.04. The molecular weight excluding hydrogens is 454 g/mol. The molecule has 176 valence electrons. The quantitative estimate of drug-likeness (QED) is 0.353. The van der Waals surface area contributed by atoms with E-state index in [1.54, 1.807) is 19.3 Å². The molecule has 4 rings (SSSR count). The highest BCUT2D eigenvalue weighted by Crippen LogP contribution is 2.34. The molecule has 4 aromatic rings. The van der Waals surface area contributed by atoms with Gasteiger partial charge in [-0.05, 0) is 49.5 Å². The lowest BCUT2D eigenvalue weighted by Crippen LogP contribution is -2.42. The van der Waals surface area contributed by atoms with Gasteiger partial charge >= 0.3 is 11.6 Å². The topological polar surface area (TPSA) is 110 Å². The maximum Gasteiger partial charge on any atom is 0.340 e. The molecule has 2 aromatic carbocycles. The second-order valence-electron chi connectivity index (χ2n) is 8.27. The molecule has 2 heterocycles. The van der Waals surface area contributed by atoms with Gasteiger partial charge in [0.15, 0.2) is 0 Å². The van der Waals surface area contributed by atoms with Gasteiger partial charge in [-0.3, -0.25) is 4.79 Å². The van der Waals surface area contributed by atoms with Crippen LogP contribution in [-0.2, 0) is 16.0 Å². The Morgan fingerprint density at radius 1 is 1.09 bits per heavy atom. The molecule has 7 nitrogen and oxygen atoms in total. The lowest BCUT2D eigenvalue weighted by Gasteiger charge is -2.14. The van der Waals surface area contributed by atoms with Crippen molar-refractivity contribution in [1.82, 2.24) is 5.32 Å². The Kier molecular flexibility index (Phi) is 6.79. The fourth-order valence-corrected chi connectivity index (χ4v) is 4.44. The lowest BCUT2D eigenvalue weighted by atomic mass is 9.99. The minimum atomic E-state index is -1.10. The average Bonchev–Trinajstić information content (AvgIpc) is 3.21.